The van der Waals surface area contributed by atoms with Gasteiger partial charge in [0.25, 0.3) is 5.91 Å². The first kappa shape index (κ1) is 14.9. The van der Waals surface area contributed by atoms with E-state index >= 15 is 0 Å². The number of benzene rings is 1. The lowest BCUT2D eigenvalue weighted by Crippen LogP contribution is -2.22. The van der Waals surface area contributed by atoms with Gasteiger partial charge in [-0.2, -0.15) is 0 Å². The fourth-order valence-corrected chi connectivity index (χ4v) is 2.32. The average Bonchev–Trinajstić information content (AvgIpc) is 2.96. The summed E-state index contributed by atoms with van der Waals surface area (Å²) in [5.74, 6) is -1.18. The Morgan fingerprint density at radius 2 is 2.24 bits per heavy atom. The number of carboxylic acids is 1. The number of aliphatic carboxylic acids is 1. The van der Waals surface area contributed by atoms with Crippen LogP contribution in [0.5, 0.6) is 0 Å². The summed E-state index contributed by atoms with van der Waals surface area (Å²) < 4.78 is 0. The molecule has 1 amide bonds. The molecule has 0 aliphatic rings. The quantitative estimate of drug-likeness (QED) is 0.832. The van der Waals surface area contributed by atoms with Gasteiger partial charge in [-0.1, -0.05) is 6.07 Å². The molecule has 0 bridgehead atoms. The van der Waals surface area contributed by atoms with Gasteiger partial charge >= 0.3 is 5.97 Å². The van der Waals surface area contributed by atoms with Crippen LogP contribution >= 0.6 is 11.3 Å². The molecule has 5 nitrogen and oxygen atoms in total. The summed E-state index contributed by atoms with van der Waals surface area (Å²) >= 11 is 1.48. The second-order valence-corrected chi connectivity index (χ2v) is 5.33. The van der Waals surface area contributed by atoms with Crippen LogP contribution in [0.4, 0.5) is 0 Å². The highest BCUT2D eigenvalue weighted by Gasteiger charge is 2.07. The number of aromatic nitrogens is 1. The highest BCUT2D eigenvalue weighted by Crippen LogP contribution is 2.13. The Kier molecular flexibility index (Phi) is 4.84. The molecular formula is C15H14N2O3S. The summed E-state index contributed by atoms with van der Waals surface area (Å²) in [4.78, 5) is 26.6. The zero-order chi connectivity index (χ0) is 15.2. The summed E-state index contributed by atoms with van der Waals surface area (Å²) in [7, 11) is 0. The van der Waals surface area contributed by atoms with Crippen LogP contribution in [0.2, 0.25) is 0 Å². The van der Waals surface area contributed by atoms with Gasteiger partial charge in [-0.25, -0.2) is 9.78 Å². The Hall–Kier alpha value is -2.47. The third-order valence-corrected chi connectivity index (χ3v) is 3.60. The van der Waals surface area contributed by atoms with E-state index in [1.54, 1.807) is 24.4 Å². The Bertz CT molecular complexity index is 678. The number of nitrogens with one attached hydrogen (secondary N) is 1. The van der Waals surface area contributed by atoms with Gasteiger partial charge in [0.1, 0.15) is 5.01 Å². The molecule has 0 spiro atoms. The molecule has 0 radical (unpaired) electrons. The summed E-state index contributed by atoms with van der Waals surface area (Å²) in [6, 6.07) is 5.14. The first-order chi connectivity index (χ1) is 10.1. The lowest BCUT2D eigenvalue weighted by atomic mass is 10.0. The third-order valence-electron chi connectivity index (χ3n) is 2.82. The van der Waals surface area contributed by atoms with E-state index in [0.29, 0.717) is 12.1 Å². The molecule has 0 fully saturated rings. The smallest absolute Gasteiger partial charge is 0.328 e. The van der Waals surface area contributed by atoms with Gasteiger partial charge in [0.15, 0.2) is 0 Å². The number of thiazole rings is 1. The summed E-state index contributed by atoms with van der Waals surface area (Å²) in [5.41, 5.74) is 2.15. The molecular weight excluding hydrogens is 288 g/mol. The number of carbonyl (C=O) groups is 2. The van der Waals surface area contributed by atoms with Crippen molar-refractivity contribution >= 4 is 29.3 Å². The lowest BCUT2D eigenvalue weighted by Gasteiger charge is -2.06. The van der Waals surface area contributed by atoms with Gasteiger partial charge < -0.3 is 10.4 Å². The van der Waals surface area contributed by atoms with Crippen LogP contribution in [0.15, 0.2) is 35.9 Å². The van der Waals surface area contributed by atoms with Crippen molar-refractivity contribution in [2.75, 3.05) is 0 Å². The van der Waals surface area contributed by atoms with Gasteiger partial charge in [0.2, 0.25) is 0 Å². The molecule has 0 saturated carbocycles. The maximum atomic E-state index is 12.0. The van der Waals surface area contributed by atoms with Crippen molar-refractivity contribution < 1.29 is 14.7 Å². The molecule has 2 N–H and O–H groups in total. The van der Waals surface area contributed by atoms with Crippen molar-refractivity contribution in [2.45, 2.75) is 13.5 Å². The van der Waals surface area contributed by atoms with Crippen LogP contribution < -0.4 is 5.32 Å². The average molecular weight is 302 g/mol. The Labute approximate surface area is 126 Å². The van der Waals surface area contributed by atoms with Gasteiger partial charge in [0.05, 0.1) is 6.54 Å². The minimum Gasteiger partial charge on any atom is -0.478 e. The fraction of sp³-hybridized carbons (Fsp3) is 0.133. The van der Waals surface area contributed by atoms with E-state index in [4.69, 9.17) is 5.11 Å². The minimum atomic E-state index is -1.00. The number of nitrogens with zero attached hydrogens (tertiary/aromatic N) is 1. The topological polar surface area (TPSA) is 79.3 Å². The molecule has 0 aliphatic heterocycles. The molecule has 2 aromatic rings. The SMILES string of the molecule is Cc1cc(C(=O)NCc2nccs2)ccc1/C=C/C(=O)O. The third kappa shape index (κ3) is 4.25. The summed E-state index contributed by atoms with van der Waals surface area (Å²) in [5, 5.41) is 14.1. The van der Waals surface area contributed by atoms with Crippen molar-refractivity contribution in [1.82, 2.24) is 10.3 Å². The molecule has 1 heterocycles. The molecule has 2 rings (SSSR count). The maximum absolute atomic E-state index is 12.0. The second kappa shape index (κ2) is 6.81. The van der Waals surface area contributed by atoms with E-state index in [9.17, 15) is 9.59 Å². The predicted molar refractivity (Wildman–Crippen MR) is 81.1 cm³/mol. The Morgan fingerprint density at radius 1 is 1.43 bits per heavy atom. The number of hydrogen-bond donors (Lipinski definition) is 2. The molecule has 1 aromatic carbocycles. The standard InChI is InChI=1S/C15H14N2O3S/c1-10-8-12(3-2-11(10)4-5-14(18)19)15(20)17-9-13-16-6-7-21-13/h2-8H,9H2,1H3,(H,17,20)(H,18,19)/b5-4+. The number of amides is 1. The lowest BCUT2D eigenvalue weighted by molar-refractivity contribution is -0.131. The maximum Gasteiger partial charge on any atom is 0.328 e. The molecule has 21 heavy (non-hydrogen) atoms. The van der Waals surface area contributed by atoms with Gasteiger partial charge in [-0.15, -0.1) is 11.3 Å². The number of hydrogen-bond acceptors (Lipinski definition) is 4. The first-order valence-electron chi connectivity index (χ1n) is 6.24. The zero-order valence-electron chi connectivity index (χ0n) is 11.4. The molecule has 6 heteroatoms. The minimum absolute atomic E-state index is 0.179. The zero-order valence-corrected chi connectivity index (χ0v) is 12.2. The molecule has 0 aliphatic carbocycles. The van der Waals surface area contributed by atoms with E-state index in [2.05, 4.69) is 10.3 Å². The molecule has 0 saturated heterocycles. The predicted octanol–water partition coefficient (Wildman–Crippen LogP) is 2.48. The van der Waals surface area contributed by atoms with Gasteiger partial charge in [-0.3, -0.25) is 4.79 Å². The number of carbonyl (C=O) groups excluding carboxylic acids is 1. The largest absolute Gasteiger partial charge is 0.478 e. The van der Waals surface area contributed by atoms with Crippen LogP contribution in [-0.2, 0) is 11.3 Å². The van der Waals surface area contributed by atoms with E-state index in [-0.39, 0.29) is 5.91 Å². The summed E-state index contributed by atoms with van der Waals surface area (Å²) in [6.07, 6.45) is 4.28. The van der Waals surface area contributed by atoms with E-state index < -0.39 is 5.97 Å². The molecule has 0 atom stereocenters. The van der Waals surface area contributed by atoms with Gasteiger partial charge in [0, 0.05) is 23.2 Å². The first-order valence-corrected chi connectivity index (χ1v) is 7.12. The van der Waals surface area contributed by atoms with Crippen LogP contribution in [0.25, 0.3) is 6.08 Å². The van der Waals surface area contributed by atoms with Crippen molar-refractivity contribution in [3.8, 4) is 0 Å². The van der Waals surface area contributed by atoms with Crippen LogP contribution in [0.1, 0.15) is 26.5 Å². The van der Waals surface area contributed by atoms with Crippen molar-refractivity contribution in [2.24, 2.45) is 0 Å². The molecule has 108 valence electrons. The molecule has 1 aromatic heterocycles. The van der Waals surface area contributed by atoms with Crippen molar-refractivity contribution in [1.29, 1.82) is 0 Å². The number of aryl methyl sites for hydroxylation is 1. The van der Waals surface area contributed by atoms with E-state index in [1.807, 2.05) is 12.3 Å². The van der Waals surface area contributed by atoms with E-state index in [1.165, 1.54) is 17.4 Å². The summed E-state index contributed by atoms with van der Waals surface area (Å²) in [6.45, 7) is 2.23. The van der Waals surface area contributed by atoms with Crippen molar-refractivity contribution in [3.05, 3.63) is 57.6 Å². The highest BCUT2D eigenvalue weighted by atomic mass is 32.1. The fourth-order valence-electron chi connectivity index (χ4n) is 1.76. The second-order valence-electron chi connectivity index (χ2n) is 4.35. The number of carboxylic acid groups (broad SMARTS) is 1. The van der Waals surface area contributed by atoms with Crippen molar-refractivity contribution in [3.63, 3.8) is 0 Å². The Morgan fingerprint density at radius 3 is 2.86 bits per heavy atom. The molecule has 0 unspecified atom stereocenters. The number of rotatable bonds is 5. The van der Waals surface area contributed by atoms with Crippen LogP contribution in [0, 0.1) is 6.92 Å². The monoisotopic (exact) mass is 302 g/mol. The Balaban J connectivity index is 2.05. The van der Waals surface area contributed by atoms with Crippen LogP contribution in [-0.4, -0.2) is 22.0 Å². The van der Waals surface area contributed by atoms with Gasteiger partial charge in [-0.05, 0) is 36.3 Å². The van der Waals surface area contributed by atoms with Crippen LogP contribution in [0.3, 0.4) is 0 Å². The highest BCUT2D eigenvalue weighted by molar-refractivity contribution is 7.09. The van der Waals surface area contributed by atoms with E-state index in [0.717, 1.165) is 22.2 Å². The normalized spacial score (nSPS) is 10.7.